The second-order valence-corrected chi connectivity index (χ2v) is 7.58. The van der Waals surface area contributed by atoms with E-state index in [-0.39, 0.29) is 30.3 Å². The molecule has 0 unspecified atom stereocenters. The summed E-state index contributed by atoms with van der Waals surface area (Å²) in [6.45, 7) is 1.35. The Bertz CT molecular complexity index is 954. The van der Waals surface area contributed by atoms with E-state index in [9.17, 15) is 18.0 Å². The lowest BCUT2D eigenvalue weighted by atomic mass is 9.96. The zero-order valence-corrected chi connectivity index (χ0v) is 16.2. The molecule has 0 spiro atoms. The number of hydrogen-bond acceptors (Lipinski definition) is 5. The summed E-state index contributed by atoms with van der Waals surface area (Å²) in [7, 11) is 1.50. The molecule has 1 aromatic carbocycles. The summed E-state index contributed by atoms with van der Waals surface area (Å²) in [5.41, 5.74) is 1.90. The van der Waals surface area contributed by atoms with Gasteiger partial charge in [0.2, 0.25) is 11.9 Å². The number of carbonyl (C=O) groups excluding carboxylic acids is 1. The summed E-state index contributed by atoms with van der Waals surface area (Å²) in [5, 5.41) is 2.26. The number of halogens is 4. The Morgan fingerprint density at radius 1 is 1.31 bits per heavy atom. The van der Waals surface area contributed by atoms with Crippen LogP contribution >= 0.6 is 11.6 Å². The van der Waals surface area contributed by atoms with E-state index in [1.54, 1.807) is 0 Å². The van der Waals surface area contributed by atoms with Gasteiger partial charge in [0.05, 0.1) is 0 Å². The number of nitrogens with one attached hydrogen (secondary N) is 1. The molecule has 1 saturated heterocycles. The zero-order chi connectivity index (χ0) is 20.8. The van der Waals surface area contributed by atoms with E-state index in [4.69, 9.17) is 16.3 Å². The maximum absolute atomic E-state index is 12.8. The van der Waals surface area contributed by atoms with E-state index in [1.165, 1.54) is 12.7 Å². The average Bonchev–Trinajstić information content (AvgIpc) is 2.90. The number of alkyl halides is 3. The van der Waals surface area contributed by atoms with Crippen molar-refractivity contribution in [3.63, 3.8) is 0 Å². The number of likely N-dealkylation sites (tertiary alicyclic amines) is 1. The number of fused-ring (bicyclic) bond motifs is 5. The number of nitrogens with zero attached hydrogens (tertiary/aromatic N) is 3. The molecule has 1 aromatic heterocycles. The van der Waals surface area contributed by atoms with Gasteiger partial charge in [-0.2, -0.15) is 13.2 Å². The number of rotatable bonds is 4. The molecule has 1 fully saturated rings. The summed E-state index contributed by atoms with van der Waals surface area (Å²) < 4.78 is 43.3. The Labute approximate surface area is 170 Å². The number of ether oxygens (including phenoxy) is 1. The molecule has 2 aliphatic rings. The van der Waals surface area contributed by atoms with Gasteiger partial charge >= 0.3 is 6.18 Å². The molecule has 10 heteroatoms. The third-order valence-corrected chi connectivity index (χ3v) is 5.63. The van der Waals surface area contributed by atoms with E-state index in [0.717, 1.165) is 12.0 Å². The predicted molar refractivity (Wildman–Crippen MR) is 100 cm³/mol. The van der Waals surface area contributed by atoms with Gasteiger partial charge in [-0.25, -0.2) is 9.97 Å². The van der Waals surface area contributed by atoms with Crippen LogP contribution in [0, 0.1) is 0 Å². The fourth-order valence-corrected chi connectivity index (χ4v) is 4.32. The molecule has 1 aliphatic carbocycles. The highest BCUT2D eigenvalue weighted by molar-refractivity contribution is 6.30. The van der Waals surface area contributed by atoms with Crippen molar-refractivity contribution in [2.24, 2.45) is 0 Å². The number of amides is 1. The van der Waals surface area contributed by atoms with Gasteiger partial charge in [-0.1, -0.05) is 17.7 Å². The van der Waals surface area contributed by atoms with Crippen molar-refractivity contribution in [3.05, 3.63) is 46.2 Å². The van der Waals surface area contributed by atoms with Crippen LogP contribution in [0.25, 0.3) is 0 Å². The molecule has 2 heterocycles. The molecule has 0 radical (unpaired) electrons. The highest BCUT2D eigenvalue weighted by Crippen LogP contribution is 2.47. The molecular weight excluding hydrogens is 409 g/mol. The van der Waals surface area contributed by atoms with Crippen LogP contribution in [0.4, 0.5) is 24.8 Å². The van der Waals surface area contributed by atoms with Crippen LogP contribution in [-0.2, 0) is 15.7 Å². The van der Waals surface area contributed by atoms with Gasteiger partial charge in [-0.15, -0.1) is 0 Å². The number of piperidine rings is 1. The monoisotopic (exact) mass is 426 g/mol. The smallest absolute Gasteiger partial charge is 0.375 e. The maximum atomic E-state index is 12.8. The fourth-order valence-electron chi connectivity index (χ4n) is 4.09. The summed E-state index contributed by atoms with van der Waals surface area (Å²) in [4.78, 5) is 21.4. The number of benzene rings is 1. The molecule has 154 valence electrons. The number of anilines is 2. The first-order valence-corrected chi connectivity index (χ1v) is 9.41. The molecule has 2 bridgehead atoms. The first kappa shape index (κ1) is 19.9. The number of aromatic nitrogens is 2. The Morgan fingerprint density at radius 3 is 2.69 bits per heavy atom. The van der Waals surface area contributed by atoms with Crippen molar-refractivity contribution in [1.29, 1.82) is 0 Å². The molecule has 4 rings (SSSR count). The molecule has 29 heavy (non-hydrogen) atoms. The lowest BCUT2D eigenvalue weighted by Gasteiger charge is -2.32. The Kier molecular flexibility index (Phi) is 5.12. The van der Waals surface area contributed by atoms with Crippen LogP contribution in [0.2, 0.25) is 5.15 Å². The fraction of sp³-hybridized carbons (Fsp3) is 0.421. The van der Waals surface area contributed by atoms with Gasteiger partial charge < -0.3 is 15.0 Å². The van der Waals surface area contributed by atoms with Crippen LogP contribution in [0.3, 0.4) is 0 Å². The SMILES string of the molecule is COCC(=O)N1C[C@H]2C[C@@H](C1)c1cc(Nc3ncc(C(F)(F)F)c(Cl)n3)ccc12. The molecule has 6 nitrogen and oxygen atoms in total. The summed E-state index contributed by atoms with van der Waals surface area (Å²) >= 11 is 5.66. The lowest BCUT2D eigenvalue weighted by molar-refractivity contribution is -0.138. The van der Waals surface area contributed by atoms with E-state index >= 15 is 0 Å². The molecule has 2 atom stereocenters. The van der Waals surface area contributed by atoms with Gasteiger partial charge in [0.25, 0.3) is 0 Å². The zero-order valence-electron chi connectivity index (χ0n) is 15.5. The first-order valence-electron chi connectivity index (χ1n) is 9.03. The third-order valence-electron chi connectivity index (χ3n) is 5.34. The second-order valence-electron chi connectivity index (χ2n) is 7.23. The minimum atomic E-state index is -4.60. The van der Waals surface area contributed by atoms with Crippen LogP contribution in [-0.4, -0.2) is 47.6 Å². The van der Waals surface area contributed by atoms with E-state index in [0.29, 0.717) is 25.0 Å². The normalized spacial score (nSPS) is 20.5. The standard InChI is InChI=1S/C19H18ClF3N4O2/c1-29-9-16(28)27-7-10-4-11(8-27)14-5-12(2-3-13(10)14)25-18-24-6-15(17(20)26-18)19(21,22)23/h2-3,5-6,10-11H,4,7-9H2,1H3,(H,24,25,26)/t10-,11+/m1/s1. The van der Waals surface area contributed by atoms with Gasteiger partial charge in [0.15, 0.2) is 0 Å². The summed E-state index contributed by atoms with van der Waals surface area (Å²) in [5.74, 6) is 0.445. The molecule has 1 N–H and O–H groups in total. The highest BCUT2D eigenvalue weighted by atomic mass is 35.5. The Morgan fingerprint density at radius 2 is 2.03 bits per heavy atom. The van der Waals surface area contributed by atoms with Crippen molar-refractivity contribution in [1.82, 2.24) is 14.9 Å². The topological polar surface area (TPSA) is 67.3 Å². The van der Waals surface area contributed by atoms with Crippen molar-refractivity contribution >= 4 is 29.1 Å². The Balaban J connectivity index is 1.53. The number of hydrogen-bond donors (Lipinski definition) is 1. The van der Waals surface area contributed by atoms with Crippen molar-refractivity contribution < 1.29 is 22.7 Å². The van der Waals surface area contributed by atoms with Gasteiger partial charge in [-0.3, -0.25) is 4.79 Å². The van der Waals surface area contributed by atoms with Crippen molar-refractivity contribution in [3.8, 4) is 0 Å². The summed E-state index contributed by atoms with van der Waals surface area (Å²) in [6, 6.07) is 5.76. The van der Waals surface area contributed by atoms with E-state index < -0.39 is 16.9 Å². The second kappa shape index (κ2) is 7.46. The molecule has 0 saturated carbocycles. The van der Waals surface area contributed by atoms with Gasteiger partial charge in [0, 0.05) is 43.9 Å². The predicted octanol–water partition coefficient (Wildman–Crippen LogP) is 3.95. The Hall–Kier alpha value is -2.39. The minimum absolute atomic E-state index is 0.0131. The average molecular weight is 427 g/mol. The van der Waals surface area contributed by atoms with Crippen molar-refractivity contribution in [2.45, 2.75) is 24.4 Å². The van der Waals surface area contributed by atoms with Crippen LogP contribution in [0.1, 0.15) is 34.9 Å². The number of carbonyl (C=O) groups is 1. The van der Waals surface area contributed by atoms with E-state index in [2.05, 4.69) is 15.3 Å². The van der Waals surface area contributed by atoms with Gasteiger partial charge in [0.1, 0.15) is 17.3 Å². The van der Waals surface area contributed by atoms with Crippen LogP contribution < -0.4 is 5.32 Å². The minimum Gasteiger partial charge on any atom is -0.375 e. The largest absolute Gasteiger partial charge is 0.420 e. The molecule has 1 amide bonds. The first-order chi connectivity index (χ1) is 13.8. The molecule has 1 aliphatic heterocycles. The van der Waals surface area contributed by atoms with Crippen LogP contribution in [0.15, 0.2) is 24.4 Å². The quantitative estimate of drug-likeness (QED) is 0.750. The molecular formula is C19H18ClF3N4O2. The third kappa shape index (κ3) is 3.89. The lowest BCUT2D eigenvalue weighted by Crippen LogP contribution is -2.41. The van der Waals surface area contributed by atoms with Crippen LogP contribution in [0.5, 0.6) is 0 Å². The summed E-state index contributed by atoms with van der Waals surface area (Å²) in [6.07, 6.45) is -2.97. The van der Waals surface area contributed by atoms with Gasteiger partial charge in [-0.05, 0) is 29.7 Å². The van der Waals surface area contributed by atoms with Crippen molar-refractivity contribution in [2.75, 3.05) is 32.1 Å². The van der Waals surface area contributed by atoms with E-state index in [1.807, 2.05) is 23.1 Å². The highest BCUT2D eigenvalue weighted by Gasteiger charge is 2.39. The maximum Gasteiger partial charge on any atom is 0.420 e. The number of methoxy groups -OCH3 is 1. The molecule has 2 aromatic rings.